The van der Waals surface area contributed by atoms with Crippen molar-refractivity contribution in [1.29, 1.82) is 0 Å². The van der Waals surface area contributed by atoms with Gasteiger partial charge in [0.15, 0.2) is 0 Å². The number of sulfonamides is 1. The van der Waals surface area contributed by atoms with Gasteiger partial charge >= 0.3 is 0 Å². The van der Waals surface area contributed by atoms with E-state index in [1.165, 1.54) is 0 Å². The third kappa shape index (κ3) is 3.57. The van der Waals surface area contributed by atoms with Gasteiger partial charge in [-0.15, -0.1) is 0 Å². The lowest BCUT2D eigenvalue weighted by molar-refractivity contribution is 0.415. The first-order valence-electron chi connectivity index (χ1n) is 7.15. The fourth-order valence-electron chi connectivity index (χ4n) is 2.21. The highest BCUT2D eigenvalue weighted by Crippen LogP contribution is 2.33. The van der Waals surface area contributed by atoms with Crippen LogP contribution in [0.2, 0.25) is 0 Å². The second kappa shape index (κ2) is 6.37. The van der Waals surface area contributed by atoms with Crippen LogP contribution in [0.25, 0.3) is 22.7 Å². The predicted molar refractivity (Wildman–Crippen MR) is 92.4 cm³/mol. The van der Waals surface area contributed by atoms with Gasteiger partial charge in [-0.05, 0) is 24.3 Å². The van der Waals surface area contributed by atoms with Gasteiger partial charge in [-0.1, -0.05) is 30.3 Å². The number of nitrogens with zero attached hydrogens (tertiary/aromatic N) is 1. The molecule has 0 amide bonds. The second-order valence-electron chi connectivity index (χ2n) is 5.17. The molecule has 0 aliphatic heterocycles. The Bertz CT molecular complexity index is 932. The van der Waals surface area contributed by atoms with Crippen molar-refractivity contribution < 1.29 is 17.6 Å². The normalized spacial score (nSPS) is 11.2. The van der Waals surface area contributed by atoms with Gasteiger partial charge in [0.2, 0.25) is 21.8 Å². The van der Waals surface area contributed by atoms with Crippen molar-refractivity contribution in [3.05, 3.63) is 54.6 Å². The third-order valence-corrected chi connectivity index (χ3v) is 3.85. The molecule has 24 heavy (non-hydrogen) atoms. The molecule has 1 heterocycles. The maximum Gasteiger partial charge on any atom is 0.235 e. The minimum absolute atomic E-state index is 0.0921. The first-order valence-corrected chi connectivity index (χ1v) is 9.04. The van der Waals surface area contributed by atoms with Gasteiger partial charge in [0, 0.05) is 11.1 Å². The lowest BCUT2D eigenvalue weighted by Gasteiger charge is -2.02. The maximum atomic E-state index is 11.6. The van der Waals surface area contributed by atoms with E-state index in [-0.39, 0.29) is 5.88 Å². The van der Waals surface area contributed by atoms with Crippen LogP contribution in [0, 0.1) is 0 Å². The molecule has 0 aliphatic rings. The molecule has 0 radical (unpaired) electrons. The van der Waals surface area contributed by atoms with Crippen LogP contribution in [0.4, 0.5) is 5.88 Å². The minimum atomic E-state index is -3.49. The van der Waals surface area contributed by atoms with E-state index in [2.05, 4.69) is 9.71 Å². The molecular weight excluding hydrogens is 328 g/mol. The Labute approximate surface area is 140 Å². The molecule has 7 heteroatoms. The van der Waals surface area contributed by atoms with Gasteiger partial charge < -0.3 is 9.15 Å². The van der Waals surface area contributed by atoms with E-state index in [1.54, 1.807) is 31.4 Å². The quantitative estimate of drug-likeness (QED) is 0.767. The summed E-state index contributed by atoms with van der Waals surface area (Å²) < 4.78 is 36.4. The summed E-state index contributed by atoms with van der Waals surface area (Å²) in [5.41, 5.74) is 1.91. The number of methoxy groups -OCH3 is 1. The topological polar surface area (TPSA) is 81.4 Å². The molecule has 0 bridgehead atoms. The van der Waals surface area contributed by atoms with Crippen molar-refractivity contribution in [2.75, 3.05) is 18.1 Å². The number of oxazole rings is 1. The van der Waals surface area contributed by atoms with E-state index in [0.29, 0.717) is 17.3 Å². The molecule has 0 spiro atoms. The summed E-state index contributed by atoms with van der Waals surface area (Å²) >= 11 is 0. The van der Waals surface area contributed by atoms with Gasteiger partial charge in [-0.3, -0.25) is 4.72 Å². The Morgan fingerprint density at radius 3 is 2.25 bits per heavy atom. The zero-order chi connectivity index (χ0) is 17.2. The average Bonchev–Trinajstić information content (AvgIpc) is 2.97. The zero-order valence-corrected chi connectivity index (χ0v) is 14.0. The number of nitrogens with one attached hydrogen (secondary N) is 1. The molecule has 3 rings (SSSR count). The number of hydrogen-bond donors (Lipinski definition) is 1. The molecule has 0 unspecified atom stereocenters. The maximum absolute atomic E-state index is 11.6. The summed E-state index contributed by atoms with van der Waals surface area (Å²) in [5, 5.41) is 0. The Morgan fingerprint density at radius 2 is 1.67 bits per heavy atom. The Kier molecular flexibility index (Phi) is 4.26. The van der Waals surface area contributed by atoms with Crippen LogP contribution < -0.4 is 9.46 Å². The van der Waals surface area contributed by atoms with E-state index in [1.807, 2.05) is 30.3 Å². The Hall–Kier alpha value is -2.80. The van der Waals surface area contributed by atoms with Gasteiger partial charge in [0.25, 0.3) is 0 Å². The molecule has 0 saturated carbocycles. The predicted octanol–water partition coefficient (Wildman–Crippen LogP) is 3.39. The van der Waals surface area contributed by atoms with Crippen LogP contribution >= 0.6 is 0 Å². The lowest BCUT2D eigenvalue weighted by atomic mass is 10.1. The van der Waals surface area contributed by atoms with Crippen LogP contribution in [0.3, 0.4) is 0 Å². The fourth-order valence-corrected chi connectivity index (χ4v) is 2.68. The number of aromatic nitrogens is 1. The molecule has 0 saturated heterocycles. The van der Waals surface area contributed by atoms with Crippen molar-refractivity contribution in [1.82, 2.24) is 4.98 Å². The molecule has 1 N–H and O–H groups in total. The van der Waals surface area contributed by atoms with Crippen molar-refractivity contribution >= 4 is 15.9 Å². The summed E-state index contributed by atoms with van der Waals surface area (Å²) in [7, 11) is -1.91. The average molecular weight is 344 g/mol. The number of anilines is 1. The molecule has 0 aliphatic carbocycles. The molecule has 0 atom stereocenters. The second-order valence-corrected chi connectivity index (χ2v) is 6.91. The van der Waals surface area contributed by atoms with Crippen LogP contribution in [0.15, 0.2) is 59.0 Å². The lowest BCUT2D eigenvalue weighted by Crippen LogP contribution is -2.09. The summed E-state index contributed by atoms with van der Waals surface area (Å²) in [5.74, 6) is 1.13. The third-order valence-electron chi connectivity index (χ3n) is 3.29. The van der Waals surface area contributed by atoms with Gasteiger partial charge in [-0.25, -0.2) is 13.4 Å². The molecular formula is C17H16N2O4S. The summed E-state index contributed by atoms with van der Waals surface area (Å²) in [6.07, 6.45) is 1.07. The summed E-state index contributed by atoms with van der Waals surface area (Å²) in [4.78, 5) is 4.46. The van der Waals surface area contributed by atoms with Gasteiger partial charge in [0.1, 0.15) is 11.4 Å². The molecule has 1 aromatic heterocycles. The molecule has 124 valence electrons. The highest BCUT2D eigenvalue weighted by Gasteiger charge is 2.19. The summed E-state index contributed by atoms with van der Waals surface area (Å²) in [6.45, 7) is 0. The van der Waals surface area contributed by atoms with Crippen LogP contribution in [0.5, 0.6) is 5.75 Å². The van der Waals surface area contributed by atoms with E-state index < -0.39 is 10.0 Å². The smallest absolute Gasteiger partial charge is 0.235 e. The van der Waals surface area contributed by atoms with E-state index in [4.69, 9.17) is 9.15 Å². The van der Waals surface area contributed by atoms with E-state index >= 15 is 0 Å². The molecule has 0 fully saturated rings. The fraction of sp³-hybridized carbons (Fsp3) is 0.118. The Morgan fingerprint density at radius 1 is 1.00 bits per heavy atom. The summed E-state index contributed by atoms with van der Waals surface area (Å²) in [6, 6.07) is 16.4. The van der Waals surface area contributed by atoms with Crippen molar-refractivity contribution in [3.63, 3.8) is 0 Å². The molecule has 6 nitrogen and oxygen atoms in total. The van der Waals surface area contributed by atoms with Gasteiger partial charge in [-0.2, -0.15) is 0 Å². The van der Waals surface area contributed by atoms with Crippen LogP contribution in [-0.2, 0) is 10.0 Å². The van der Waals surface area contributed by atoms with E-state index in [9.17, 15) is 8.42 Å². The first-order chi connectivity index (χ1) is 11.5. The number of ether oxygens (including phenoxy) is 1. The first kappa shape index (κ1) is 16.1. The molecule has 3 aromatic rings. The highest BCUT2D eigenvalue weighted by atomic mass is 32.2. The minimum Gasteiger partial charge on any atom is -0.497 e. The number of benzene rings is 2. The van der Waals surface area contributed by atoms with Crippen LogP contribution in [0.1, 0.15) is 0 Å². The number of hydrogen-bond acceptors (Lipinski definition) is 5. The zero-order valence-electron chi connectivity index (χ0n) is 13.2. The highest BCUT2D eigenvalue weighted by molar-refractivity contribution is 7.92. The monoisotopic (exact) mass is 344 g/mol. The standard InChI is InChI=1S/C17H16N2O4S/c1-22-14-10-8-13(9-11-14)16-18-15(12-6-4-3-5-7-12)17(23-16)19-24(2,20)21/h3-11,19H,1-2H3. The van der Waals surface area contributed by atoms with E-state index in [0.717, 1.165) is 17.4 Å². The van der Waals surface area contributed by atoms with Crippen molar-refractivity contribution in [2.24, 2.45) is 0 Å². The number of rotatable bonds is 5. The van der Waals surface area contributed by atoms with Crippen molar-refractivity contribution in [3.8, 4) is 28.5 Å². The molecule has 2 aromatic carbocycles. The SMILES string of the molecule is COc1ccc(-c2nc(-c3ccccc3)c(NS(C)(=O)=O)o2)cc1. The largest absolute Gasteiger partial charge is 0.497 e. The van der Waals surface area contributed by atoms with Crippen LogP contribution in [-0.4, -0.2) is 26.8 Å². The Balaban J connectivity index is 2.08. The van der Waals surface area contributed by atoms with Crippen molar-refractivity contribution in [2.45, 2.75) is 0 Å². The van der Waals surface area contributed by atoms with Gasteiger partial charge in [0.05, 0.1) is 13.4 Å².